The summed E-state index contributed by atoms with van der Waals surface area (Å²) in [7, 11) is 0. The topological polar surface area (TPSA) is 40.5 Å². The lowest BCUT2D eigenvalue weighted by atomic mass is 9.91. The first-order valence-corrected chi connectivity index (χ1v) is 7.10. The van der Waals surface area contributed by atoms with Crippen LogP contribution in [0.4, 0.5) is 0 Å². The average molecular weight is 239 g/mol. The number of hydrogen-bond acceptors (Lipinski definition) is 2. The number of carbonyl (C=O) groups excluding carboxylic acids is 1. The molecule has 1 saturated carbocycles. The molecule has 17 heavy (non-hydrogen) atoms. The molecule has 3 heteroatoms. The van der Waals surface area contributed by atoms with Crippen LogP contribution in [0.1, 0.15) is 58.3 Å². The van der Waals surface area contributed by atoms with E-state index in [2.05, 4.69) is 0 Å². The highest BCUT2D eigenvalue weighted by Crippen LogP contribution is 2.27. The van der Waals surface area contributed by atoms with Crippen LogP contribution >= 0.6 is 0 Å². The molecule has 1 saturated heterocycles. The lowest BCUT2D eigenvalue weighted by Crippen LogP contribution is -2.47. The first-order valence-electron chi connectivity index (χ1n) is 7.10. The number of piperidine rings is 1. The first-order chi connectivity index (χ1) is 8.08. The molecule has 3 nitrogen and oxygen atoms in total. The maximum Gasteiger partial charge on any atom is 0.225 e. The fourth-order valence-corrected chi connectivity index (χ4v) is 2.99. The van der Waals surface area contributed by atoms with Crippen LogP contribution in [0.25, 0.3) is 0 Å². The molecule has 0 unspecified atom stereocenters. The van der Waals surface area contributed by atoms with E-state index in [1.54, 1.807) is 0 Å². The second-order valence-electron chi connectivity index (χ2n) is 6.01. The number of hydrogen-bond donors (Lipinski definition) is 1. The minimum atomic E-state index is -0.555. The van der Waals surface area contributed by atoms with Crippen LogP contribution in [0.15, 0.2) is 0 Å². The minimum absolute atomic E-state index is 0.264. The van der Waals surface area contributed by atoms with Crippen LogP contribution in [0.3, 0.4) is 0 Å². The second-order valence-corrected chi connectivity index (χ2v) is 6.01. The Morgan fingerprint density at radius 1 is 1.12 bits per heavy atom. The van der Waals surface area contributed by atoms with Crippen molar-refractivity contribution in [1.82, 2.24) is 4.90 Å². The van der Waals surface area contributed by atoms with Gasteiger partial charge in [-0.2, -0.15) is 0 Å². The third kappa shape index (κ3) is 3.44. The zero-order valence-corrected chi connectivity index (χ0v) is 11.0. The van der Waals surface area contributed by atoms with Gasteiger partial charge >= 0.3 is 0 Å². The first kappa shape index (κ1) is 12.9. The summed E-state index contributed by atoms with van der Waals surface area (Å²) in [6.07, 6.45) is 8.61. The fraction of sp³-hybridized carbons (Fsp3) is 0.929. The van der Waals surface area contributed by atoms with Gasteiger partial charge in [0.1, 0.15) is 0 Å². The predicted molar refractivity (Wildman–Crippen MR) is 67.6 cm³/mol. The van der Waals surface area contributed by atoms with Crippen LogP contribution < -0.4 is 0 Å². The van der Waals surface area contributed by atoms with E-state index in [0.717, 1.165) is 38.8 Å². The zero-order valence-electron chi connectivity index (χ0n) is 11.0. The molecule has 0 radical (unpaired) electrons. The molecule has 1 aliphatic carbocycles. The van der Waals surface area contributed by atoms with Crippen molar-refractivity contribution in [3.8, 4) is 0 Å². The highest BCUT2D eigenvalue weighted by molar-refractivity contribution is 5.79. The molecular formula is C14H25NO2. The van der Waals surface area contributed by atoms with Gasteiger partial charge in [0.2, 0.25) is 5.91 Å². The summed E-state index contributed by atoms with van der Waals surface area (Å²) < 4.78 is 0. The number of carbonyl (C=O) groups is 1. The van der Waals surface area contributed by atoms with E-state index < -0.39 is 5.60 Å². The van der Waals surface area contributed by atoms with E-state index in [0.29, 0.717) is 5.91 Å². The van der Waals surface area contributed by atoms with Gasteiger partial charge in [-0.1, -0.05) is 25.7 Å². The van der Waals surface area contributed by atoms with Crippen LogP contribution in [0.2, 0.25) is 0 Å². The van der Waals surface area contributed by atoms with Gasteiger partial charge in [0.25, 0.3) is 0 Å². The van der Waals surface area contributed by atoms with Gasteiger partial charge in [0, 0.05) is 19.0 Å². The number of nitrogens with zero attached hydrogens (tertiary/aromatic N) is 1. The summed E-state index contributed by atoms with van der Waals surface area (Å²) in [6, 6.07) is 0. The van der Waals surface area contributed by atoms with Crippen molar-refractivity contribution in [3.05, 3.63) is 0 Å². The van der Waals surface area contributed by atoms with Crippen molar-refractivity contribution >= 4 is 5.91 Å². The van der Waals surface area contributed by atoms with Crippen molar-refractivity contribution in [3.63, 3.8) is 0 Å². The second kappa shape index (κ2) is 5.38. The number of aliphatic hydroxyl groups is 1. The minimum Gasteiger partial charge on any atom is -0.390 e. The Bertz CT molecular complexity index is 257. The molecule has 0 spiro atoms. The Labute approximate surface area is 104 Å². The van der Waals surface area contributed by atoms with E-state index in [9.17, 15) is 9.90 Å². The van der Waals surface area contributed by atoms with Crippen LogP contribution in [0, 0.1) is 5.92 Å². The molecular weight excluding hydrogens is 214 g/mol. The van der Waals surface area contributed by atoms with Gasteiger partial charge in [0.05, 0.1) is 5.60 Å². The fourth-order valence-electron chi connectivity index (χ4n) is 2.99. The summed E-state index contributed by atoms with van der Waals surface area (Å²) in [5, 5.41) is 9.89. The summed E-state index contributed by atoms with van der Waals surface area (Å²) >= 11 is 0. The van der Waals surface area contributed by atoms with E-state index in [1.807, 2.05) is 11.8 Å². The zero-order chi connectivity index (χ0) is 12.3. The molecule has 1 heterocycles. The van der Waals surface area contributed by atoms with Crippen molar-refractivity contribution in [2.24, 2.45) is 5.92 Å². The Balaban J connectivity index is 1.87. The van der Waals surface area contributed by atoms with Crippen LogP contribution in [0.5, 0.6) is 0 Å². The highest BCUT2D eigenvalue weighted by atomic mass is 16.3. The third-order valence-electron chi connectivity index (χ3n) is 4.36. The summed E-state index contributed by atoms with van der Waals surface area (Å²) in [5.41, 5.74) is -0.555. The third-order valence-corrected chi connectivity index (χ3v) is 4.36. The molecule has 0 aromatic heterocycles. The monoisotopic (exact) mass is 239 g/mol. The molecule has 0 aromatic carbocycles. The van der Waals surface area contributed by atoms with Crippen LogP contribution in [-0.2, 0) is 4.79 Å². The average Bonchev–Trinajstić information content (AvgIpc) is 2.56. The lowest BCUT2D eigenvalue weighted by Gasteiger charge is -2.37. The number of likely N-dealkylation sites (tertiary alicyclic amines) is 1. The van der Waals surface area contributed by atoms with Crippen molar-refractivity contribution in [2.45, 2.75) is 63.9 Å². The van der Waals surface area contributed by atoms with Gasteiger partial charge < -0.3 is 10.0 Å². The molecule has 2 aliphatic rings. The Kier molecular flexibility index (Phi) is 4.08. The highest BCUT2D eigenvalue weighted by Gasteiger charge is 2.32. The van der Waals surface area contributed by atoms with Gasteiger partial charge in [-0.05, 0) is 32.6 Å². The lowest BCUT2D eigenvalue weighted by molar-refractivity contribution is -0.139. The molecule has 1 N–H and O–H groups in total. The van der Waals surface area contributed by atoms with Gasteiger partial charge in [-0.3, -0.25) is 4.79 Å². The van der Waals surface area contributed by atoms with Gasteiger partial charge in [-0.25, -0.2) is 0 Å². The molecule has 0 atom stereocenters. The maximum absolute atomic E-state index is 12.4. The molecule has 1 amide bonds. The largest absolute Gasteiger partial charge is 0.390 e. The SMILES string of the molecule is CC1(O)CCN(C(=O)C2CCCCCC2)CC1. The van der Waals surface area contributed by atoms with Gasteiger partial charge in [-0.15, -0.1) is 0 Å². The quantitative estimate of drug-likeness (QED) is 0.713. The number of rotatable bonds is 1. The molecule has 0 bridgehead atoms. The molecule has 2 rings (SSSR count). The molecule has 1 aliphatic heterocycles. The van der Waals surface area contributed by atoms with Crippen LogP contribution in [-0.4, -0.2) is 34.6 Å². The molecule has 98 valence electrons. The van der Waals surface area contributed by atoms with Gasteiger partial charge in [0.15, 0.2) is 0 Å². The smallest absolute Gasteiger partial charge is 0.225 e. The van der Waals surface area contributed by atoms with Crippen molar-refractivity contribution < 1.29 is 9.90 Å². The van der Waals surface area contributed by atoms with E-state index in [-0.39, 0.29) is 5.92 Å². The predicted octanol–water partition coefficient (Wildman–Crippen LogP) is 2.33. The maximum atomic E-state index is 12.4. The Morgan fingerprint density at radius 3 is 2.18 bits per heavy atom. The summed E-state index contributed by atoms with van der Waals surface area (Å²) in [6.45, 7) is 3.35. The Morgan fingerprint density at radius 2 is 1.65 bits per heavy atom. The van der Waals surface area contributed by atoms with Crippen molar-refractivity contribution in [2.75, 3.05) is 13.1 Å². The summed E-state index contributed by atoms with van der Waals surface area (Å²) in [4.78, 5) is 14.3. The standard InChI is InChI=1S/C14H25NO2/c1-14(17)8-10-15(11-9-14)13(16)12-6-4-2-3-5-7-12/h12,17H,2-11H2,1H3. The molecule has 2 fully saturated rings. The summed E-state index contributed by atoms with van der Waals surface area (Å²) in [5.74, 6) is 0.614. The van der Waals surface area contributed by atoms with E-state index in [4.69, 9.17) is 0 Å². The number of amides is 1. The molecule has 0 aromatic rings. The van der Waals surface area contributed by atoms with E-state index >= 15 is 0 Å². The normalized spacial score (nSPS) is 26.6. The Hall–Kier alpha value is -0.570. The van der Waals surface area contributed by atoms with Crippen molar-refractivity contribution in [1.29, 1.82) is 0 Å². The van der Waals surface area contributed by atoms with E-state index in [1.165, 1.54) is 25.7 Å².